The minimum absolute atomic E-state index is 0.187. The number of hydrogen-bond donors (Lipinski definition) is 1. The van der Waals surface area contributed by atoms with Crippen LogP contribution in [0.25, 0.3) is 0 Å². The predicted octanol–water partition coefficient (Wildman–Crippen LogP) is 1.21. The van der Waals surface area contributed by atoms with E-state index >= 15 is 0 Å². The molecular formula is C10H23NO3S. The molecule has 0 unspecified atom stereocenters. The molecule has 0 saturated heterocycles. The van der Waals surface area contributed by atoms with E-state index in [0.717, 1.165) is 32.1 Å². The molecule has 0 saturated carbocycles. The number of nitrogens with zero attached hydrogens (tertiary/aromatic N) is 1. The second-order valence-corrected chi connectivity index (χ2v) is 5.97. The van der Waals surface area contributed by atoms with Gasteiger partial charge in [0.25, 0.3) is 0 Å². The maximum Gasteiger partial charge on any atom is 0.213 e. The second-order valence-electron chi connectivity index (χ2n) is 3.78. The average molecular weight is 237 g/mol. The van der Waals surface area contributed by atoms with Crippen molar-refractivity contribution in [2.75, 3.05) is 26.0 Å². The highest BCUT2D eigenvalue weighted by atomic mass is 32.2. The van der Waals surface area contributed by atoms with Gasteiger partial charge in [0.2, 0.25) is 10.0 Å². The van der Waals surface area contributed by atoms with E-state index in [9.17, 15) is 8.42 Å². The molecule has 92 valence electrons. The zero-order chi connectivity index (χ0) is 11.7. The molecule has 0 aromatic rings. The first-order valence-electron chi connectivity index (χ1n) is 5.59. The van der Waals surface area contributed by atoms with Crippen LogP contribution < -0.4 is 0 Å². The van der Waals surface area contributed by atoms with E-state index < -0.39 is 10.0 Å². The Morgan fingerprint density at radius 2 is 1.80 bits per heavy atom. The Bertz CT molecular complexity index is 239. The zero-order valence-corrected chi connectivity index (χ0v) is 10.6. The van der Waals surface area contributed by atoms with Crippen LogP contribution in [0.4, 0.5) is 0 Å². The molecule has 0 aliphatic carbocycles. The van der Waals surface area contributed by atoms with Gasteiger partial charge in [-0.3, -0.25) is 0 Å². The lowest BCUT2D eigenvalue weighted by Crippen LogP contribution is -2.30. The van der Waals surface area contributed by atoms with Crippen LogP contribution in [0.2, 0.25) is 0 Å². The summed E-state index contributed by atoms with van der Waals surface area (Å²) >= 11 is 0. The summed E-state index contributed by atoms with van der Waals surface area (Å²) in [5.41, 5.74) is 0. The third kappa shape index (κ3) is 6.87. The molecule has 0 aromatic heterocycles. The van der Waals surface area contributed by atoms with Gasteiger partial charge < -0.3 is 5.11 Å². The lowest BCUT2D eigenvalue weighted by Gasteiger charge is -2.16. The third-order valence-electron chi connectivity index (χ3n) is 2.36. The molecule has 15 heavy (non-hydrogen) atoms. The van der Waals surface area contributed by atoms with Gasteiger partial charge >= 0.3 is 0 Å². The predicted molar refractivity (Wildman–Crippen MR) is 62.3 cm³/mol. The number of aliphatic hydroxyl groups excluding tert-OH is 1. The van der Waals surface area contributed by atoms with E-state index in [1.54, 1.807) is 7.05 Å². The first-order valence-corrected chi connectivity index (χ1v) is 7.20. The standard InChI is InChI=1S/C10H23NO3S/c1-3-4-10-15(13,14)11(2)8-6-5-7-9-12/h12H,3-10H2,1-2H3. The number of hydrogen-bond acceptors (Lipinski definition) is 3. The first-order chi connectivity index (χ1) is 7.04. The molecule has 0 atom stereocenters. The molecule has 5 heteroatoms. The monoisotopic (exact) mass is 237 g/mol. The normalized spacial score (nSPS) is 12.3. The fraction of sp³-hybridized carbons (Fsp3) is 1.00. The maximum atomic E-state index is 11.6. The van der Waals surface area contributed by atoms with Crippen LogP contribution in [-0.4, -0.2) is 43.8 Å². The van der Waals surface area contributed by atoms with Crippen molar-refractivity contribution in [1.29, 1.82) is 0 Å². The molecule has 0 heterocycles. The van der Waals surface area contributed by atoms with Gasteiger partial charge in [0.15, 0.2) is 0 Å². The second kappa shape index (κ2) is 8.07. The van der Waals surface area contributed by atoms with Gasteiger partial charge in [-0.25, -0.2) is 12.7 Å². The summed E-state index contributed by atoms with van der Waals surface area (Å²) < 4.78 is 24.7. The molecule has 0 aliphatic rings. The largest absolute Gasteiger partial charge is 0.396 e. The van der Waals surface area contributed by atoms with Gasteiger partial charge in [-0.2, -0.15) is 0 Å². The molecule has 0 spiro atoms. The fourth-order valence-electron chi connectivity index (χ4n) is 1.24. The van der Waals surface area contributed by atoms with Crippen molar-refractivity contribution in [3.63, 3.8) is 0 Å². The van der Waals surface area contributed by atoms with Crippen LogP contribution in [0.15, 0.2) is 0 Å². The Morgan fingerprint density at radius 1 is 1.13 bits per heavy atom. The fourth-order valence-corrected chi connectivity index (χ4v) is 2.62. The van der Waals surface area contributed by atoms with Gasteiger partial charge in [-0.1, -0.05) is 13.3 Å². The smallest absolute Gasteiger partial charge is 0.213 e. The van der Waals surface area contributed by atoms with E-state index in [1.807, 2.05) is 6.92 Å². The highest BCUT2D eigenvalue weighted by molar-refractivity contribution is 7.89. The summed E-state index contributed by atoms with van der Waals surface area (Å²) in [5.74, 6) is 0.250. The summed E-state index contributed by atoms with van der Waals surface area (Å²) in [6.07, 6.45) is 4.08. The first kappa shape index (κ1) is 14.9. The Labute approximate surface area is 93.3 Å². The number of sulfonamides is 1. The number of unbranched alkanes of at least 4 members (excludes halogenated alkanes) is 3. The van der Waals surface area contributed by atoms with E-state index in [2.05, 4.69) is 0 Å². The molecule has 0 radical (unpaired) electrons. The Kier molecular flexibility index (Phi) is 8.00. The van der Waals surface area contributed by atoms with Crippen LogP contribution in [0.1, 0.15) is 39.0 Å². The van der Waals surface area contributed by atoms with Gasteiger partial charge in [0.1, 0.15) is 0 Å². The average Bonchev–Trinajstić information content (AvgIpc) is 2.21. The Morgan fingerprint density at radius 3 is 2.33 bits per heavy atom. The molecule has 0 amide bonds. The molecule has 0 rings (SSSR count). The molecule has 4 nitrogen and oxygen atoms in total. The van der Waals surface area contributed by atoms with E-state index in [4.69, 9.17) is 5.11 Å². The van der Waals surface area contributed by atoms with Gasteiger partial charge in [-0.15, -0.1) is 0 Å². The highest BCUT2D eigenvalue weighted by Gasteiger charge is 2.15. The lowest BCUT2D eigenvalue weighted by atomic mass is 10.2. The maximum absolute atomic E-state index is 11.6. The van der Waals surface area contributed by atoms with Crippen molar-refractivity contribution < 1.29 is 13.5 Å². The van der Waals surface area contributed by atoms with Crippen LogP contribution in [0.5, 0.6) is 0 Å². The van der Waals surface area contributed by atoms with Crippen molar-refractivity contribution in [2.45, 2.75) is 39.0 Å². The molecule has 0 fully saturated rings. The van der Waals surface area contributed by atoms with E-state index in [1.165, 1.54) is 4.31 Å². The van der Waals surface area contributed by atoms with E-state index in [-0.39, 0.29) is 12.4 Å². The van der Waals surface area contributed by atoms with Crippen molar-refractivity contribution in [3.05, 3.63) is 0 Å². The van der Waals surface area contributed by atoms with Gasteiger partial charge in [0.05, 0.1) is 5.75 Å². The lowest BCUT2D eigenvalue weighted by molar-refractivity contribution is 0.281. The molecule has 1 N–H and O–H groups in total. The van der Waals surface area contributed by atoms with Crippen LogP contribution >= 0.6 is 0 Å². The van der Waals surface area contributed by atoms with Crippen molar-refractivity contribution >= 4 is 10.0 Å². The van der Waals surface area contributed by atoms with Crippen molar-refractivity contribution in [2.24, 2.45) is 0 Å². The highest BCUT2D eigenvalue weighted by Crippen LogP contribution is 2.05. The van der Waals surface area contributed by atoms with E-state index in [0.29, 0.717) is 6.54 Å². The van der Waals surface area contributed by atoms with Crippen LogP contribution in [-0.2, 0) is 10.0 Å². The molecule has 0 aliphatic heterocycles. The number of aliphatic hydroxyl groups is 1. The number of rotatable bonds is 9. The third-order valence-corrected chi connectivity index (χ3v) is 4.30. The summed E-state index contributed by atoms with van der Waals surface area (Å²) in [6.45, 7) is 2.73. The van der Waals surface area contributed by atoms with Crippen LogP contribution in [0, 0.1) is 0 Å². The SMILES string of the molecule is CCCCS(=O)(=O)N(C)CCCCCO. The van der Waals surface area contributed by atoms with Gasteiger partial charge in [-0.05, 0) is 25.7 Å². The topological polar surface area (TPSA) is 57.6 Å². The Balaban J connectivity index is 3.81. The minimum Gasteiger partial charge on any atom is -0.396 e. The zero-order valence-electron chi connectivity index (χ0n) is 9.78. The van der Waals surface area contributed by atoms with Gasteiger partial charge in [0, 0.05) is 20.2 Å². The summed E-state index contributed by atoms with van der Waals surface area (Å²) in [7, 11) is -1.41. The van der Waals surface area contributed by atoms with Crippen molar-refractivity contribution in [3.8, 4) is 0 Å². The minimum atomic E-state index is -3.04. The van der Waals surface area contributed by atoms with Crippen molar-refractivity contribution in [1.82, 2.24) is 4.31 Å². The summed E-state index contributed by atoms with van der Waals surface area (Å²) in [5, 5.41) is 8.58. The molecule has 0 bridgehead atoms. The van der Waals surface area contributed by atoms with Crippen LogP contribution in [0.3, 0.4) is 0 Å². The summed E-state index contributed by atoms with van der Waals surface area (Å²) in [6, 6.07) is 0. The Hall–Kier alpha value is -0.130. The summed E-state index contributed by atoms with van der Waals surface area (Å²) in [4.78, 5) is 0. The molecular weight excluding hydrogens is 214 g/mol. The molecule has 0 aromatic carbocycles. The quantitative estimate of drug-likeness (QED) is 0.613.